The number of para-hydroxylation sites is 2. The van der Waals surface area contributed by atoms with E-state index in [1.807, 2.05) is 12.1 Å². The van der Waals surface area contributed by atoms with E-state index >= 15 is 0 Å². The molecule has 0 radical (unpaired) electrons. The second-order valence-corrected chi connectivity index (χ2v) is 14.8. The topological polar surface area (TPSA) is 16.4 Å². The molecule has 0 atom stereocenters. The van der Waals surface area contributed by atoms with E-state index in [2.05, 4.69) is 217 Å². The third kappa shape index (κ3) is 5.74. The molecule has 1 aromatic heterocycles. The van der Waals surface area contributed by atoms with Gasteiger partial charge in [-0.2, -0.15) is 0 Å². The zero-order valence-electron chi connectivity index (χ0n) is 31.7. The Morgan fingerprint density at radius 3 is 1.69 bits per heavy atom. The van der Waals surface area contributed by atoms with Crippen LogP contribution < -0.4 is 4.90 Å². The lowest BCUT2D eigenvalue weighted by atomic mass is 9.90. The molecule has 10 aromatic carbocycles. The molecule has 1 heterocycles. The van der Waals surface area contributed by atoms with Gasteiger partial charge in [0.25, 0.3) is 0 Å². The second kappa shape index (κ2) is 14.1. The van der Waals surface area contributed by atoms with Gasteiger partial charge in [-0.15, -0.1) is 0 Å². The van der Waals surface area contributed by atoms with Crippen LogP contribution in [0, 0.1) is 0 Å². The largest absolute Gasteiger partial charge is 0.456 e. The predicted molar refractivity (Wildman–Crippen MR) is 245 cm³/mol. The highest BCUT2D eigenvalue weighted by Gasteiger charge is 2.24. The van der Waals surface area contributed by atoms with Crippen molar-refractivity contribution in [2.75, 3.05) is 4.90 Å². The zero-order chi connectivity index (χ0) is 38.4. The van der Waals surface area contributed by atoms with Crippen molar-refractivity contribution in [3.05, 3.63) is 224 Å². The van der Waals surface area contributed by atoms with Crippen LogP contribution in [0.2, 0.25) is 0 Å². The normalized spacial score (nSPS) is 11.4. The van der Waals surface area contributed by atoms with E-state index in [-0.39, 0.29) is 0 Å². The monoisotopic (exact) mass is 739 g/mol. The Balaban J connectivity index is 1.22. The smallest absolute Gasteiger partial charge is 0.137 e. The first kappa shape index (κ1) is 33.6. The molecule has 0 aliphatic heterocycles. The highest BCUT2D eigenvalue weighted by molar-refractivity contribution is 6.10. The first-order valence-electron chi connectivity index (χ1n) is 19.8. The minimum Gasteiger partial charge on any atom is -0.456 e. The highest BCUT2D eigenvalue weighted by atomic mass is 16.3. The van der Waals surface area contributed by atoms with Crippen molar-refractivity contribution in [3.63, 3.8) is 0 Å². The number of rotatable bonds is 7. The van der Waals surface area contributed by atoms with E-state index in [0.29, 0.717) is 0 Å². The van der Waals surface area contributed by atoms with Crippen LogP contribution >= 0.6 is 0 Å². The summed E-state index contributed by atoms with van der Waals surface area (Å²) in [6.07, 6.45) is 0. The fourth-order valence-electron chi connectivity index (χ4n) is 8.80. The molecule has 0 bridgehead atoms. The first-order valence-corrected chi connectivity index (χ1v) is 19.8. The minimum absolute atomic E-state index is 0.851. The maximum atomic E-state index is 6.58. The number of fused-ring (bicyclic) bond motifs is 5. The van der Waals surface area contributed by atoms with Crippen molar-refractivity contribution < 1.29 is 4.42 Å². The molecule has 2 nitrogen and oxygen atoms in total. The van der Waals surface area contributed by atoms with E-state index in [0.717, 1.165) is 61.3 Å². The molecule has 11 rings (SSSR count). The third-order valence-corrected chi connectivity index (χ3v) is 11.5. The third-order valence-electron chi connectivity index (χ3n) is 11.5. The van der Waals surface area contributed by atoms with Gasteiger partial charge in [0.05, 0.1) is 11.4 Å². The molecule has 0 fully saturated rings. The standard InChI is InChI=1S/C56H37NO/c1-3-16-39(17-4-1)46-34-32-42(45-27-13-21-38-20-7-8-24-44(38)45)36-53(46)57(43-33-35-50-49-26-10-12-31-54(49)58-55(50)37-43)52-30-11-9-25-48(52)51-29-15-23-41-22-14-28-47(56(41)51)40-18-5-2-6-19-40/h1-37H. The van der Waals surface area contributed by atoms with Gasteiger partial charge >= 0.3 is 0 Å². The van der Waals surface area contributed by atoms with Crippen molar-refractivity contribution in [1.29, 1.82) is 0 Å². The number of hydrogen-bond donors (Lipinski definition) is 0. The quantitative estimate of drug-likeness (QED) is 0.162. The molecule has 0 unspecified atom stereocenters. The van der Waals surface area contributed by atoms with Gasteiger partial charge in [-0.1, -0.05) is 188 Å². The van der Waals surface area contributed by atoms with E-state index in [1.165, 1.54) is 43.8 Å². The molecular formula is C56H37NO. The highest BCUT2D eigenvalue weighted by Crippen LogP contribution is 2.49. The van der Waals surface area contributed by atoms with Crippen molar-refractivity contribution >= 4 is 60.5 Å². The van der Waals surface area contributed by atoms with Gasteiger partial charge < -0.3 is 9.32 Å². The molecule has 0 N–H and O–H groups in total. The maximum Gasteiger partial charge on any atom is 0.137 e. The maximum absolute atomic E-state index is 6.58. The van der Waals surface area contributed by atoms with E-state index in [9.17, 15) is 0 Å². The summed E-state index contributed by atoms with van der Waals surface area (Å²) in [5.74, 6) is 0. The lowest BCUT2D eigenvalue weighted by Gasteiger charge is -2.31. The van der Waals surface area contributed by atoms with Gasteiger partial charge in [-0.25, -0.2) is 0 Å². The average molecular weight is 740 g/mol. The Morgan fingerprint density at radius 2 is 0.879 bits per heavy atom. The van der Waals surface area contributed by atoms with Gasteiger partial charge in [0.1, 0.15) is 11.2 Å². The molecule has 272 valence electrons. The Bertz CT molecular complexity index is 3280. The van der Waals surface area contributed by atoms with Gasteiger partial charge in [0, 0.05) is 33.7 Å². The summed E-state index contributed by atoms with van der Waals surface area (Å²) in [5.41, 5.74) is 14.2. The van der Waals surface area contributed by atoms with Crippen molar-refractivity contribution in [2.24, 2.45) is 0 Å². The van der Waals surface area contributed by atoms with Crippen LogP contribution in [0.15, 0.2) is 229 Å². The fraction of sp³-hybridized carbons (Fsp3) is 0. The summed E-state index contributed by atoms with van der Waals surface area (Å²) in [6.45, 7) is 0. The van der Waals surface area contributed by atoms with Crippen LogP contribution in [0.4, 0.5) is 17.1 Å². The van der Waals surface area contributed by atoms with Crippen LogP contribution in [0.1, 0.15) is 0 Å². The van der Waals surface area contributed by atoms with E-state index in [4.69, 9.17) is 4.42 Å². The van der Waals surface area contributed by atoms with Gasteiger partial charge in [0.15, 0.2) is 0 Å². The number of furan rings is 1. The number of benzene rings is 10. The Morgan fingerprint density at radius 1 is 0.293 bits per heavy atom. The van der Waals surface area contributed by atoms with Crippen LogP contribution in [0.25, 0.3) is 88.0 Å². The molecule has 0 saturated carbocycles. The number of anilines is 3. The van der Waals surface area contributed by atoms with Gasteiger partial charge in [0.2, 0.25) is 0 Å². The van der Waals surface area contributed by atoms with Crippen molar-refractivity contribution in [2.45, 2.75) is 0 Å². The van der Waals surface area contributed by atoms with Gasteiger partial charge in [-0.05, 0) is 85.3 Å². The molecule has 11 aromatic rings. The van der Waals surface area contributed by atoms with Gasteiger partial charge in [-0.3, -0.25) is 0 Å². The van der Waals surface area contributed by atoms with E-state index in [1.54, 1.807) is 0 Å². The Hall–Kier alpha value is -7.68. The summed E-state index contributed by atoms with van der Waals surface area (Å²) < 4.78 is 6.58. The lowest BCUT2D eigenvalue weighted by Crippen LogP contribution is -2.13. The Labute approximate surface area is 337 Å². The second-order valence-electron chi connectivity index (χ2n) is 14.8. The van der Waals surface area contributed by atoms with Crippen LogP contribution in [0.3, 0.4) is 0 Å². The molecule has 2 heteroatoms. The molecule has 0 spiro atoms. The molecule has 58 heavy (non-hydrogen) atoms. The van der Waals surface area contributed by atoms with Crippen molar-refractivity contribution in [3.8, 4) is 44.5 Å². The minimum atomic E-state index is 0.851. The summed E-state index contributed by atoms with van der Waals surface area (Å²) in [7, 11) is 0. The molecule has 0 saturated heterocycles. The summed E-state index contributed by atoms with van der Waals surface area (Å²) in [4.78, 5) is 2.45. The summed E-state index contributed by atoms with van der Waals surface area (Å²) in [5, 5.41) is 7.08. The molecular weight excluding hydrogens is 703 g/mol. The Kier molecular flexibility index (Phi) is 8.19. The lowest BCUT2D eigenvalue weighted by molar-refractivity contribution is 0.669. The van der Waals surface area contributed by atoms with Crippen LogP contribution in [-0.2, 0) is 0 Å². The van der Waals surface area contributed by atoms with Crippen LogP contribution in [0.5, 0.6) is 0 Å². The number of nitrogens with zero attached hydrogens (tertiary/aromatic N) is 1. The average Bonchev–Trinajstić information content (AvgIpc) is 3.67. The molecule has 0 amide bonds. The van der Waals surface area contributed by atoms with Crippen LogP contribution in [-0.4, -0.2) is 0 Å². The zero-order valence-corrected chi connectivity index (χ0v) is 31.7. The number of hydrogen-bond acceptors (Lipinski definition) is 2. The predicted octanol–water partition coefficient (Wildman–Crippen LogP) is 16.0. The summed E-state index contributed by atoms with van der Waals surface area (Å²) in [6, 6.07) is 80.8. The SMILES string of the molecule is c1ccc(-c2ccc(-c3cccc4ccccc34)cc2N(c2ccc3c(c2)oc2ccccc23)c2ccccc2-c2cccc3cccc(-c4ccccc4)c23)cc1. The van der Waals surface area contributed by atoms with E-state index < -0.39 is 0 Å². The molecule has 0 aliphatic rings. The van der Waals surface area contributed by atoms with Crippen molar-refractivity contribution in [1.82, 2.24) is 0 Å². The first-order chi connectivity index (χ1) is 28.8. The fourth-order valence-corrected chi connectivity index (χ4v) is 8.80. The summed E-state index contributed by atoms with van der Waals surface area (Å²) >= 11 is 0. The molecule has 0 aliphatic carbocycles.